The molecule has 2 fully saturated rings. The first-order valence-corrected chi connectivity index (χ1v) is 5.26. The van der Waals surface area contributed by atoms with E-state index in [1.54, 1.807) is 0 Å². The van der Waals surface area contributed by atoms with E-state index >= 15 is 0 Å². The Hall–Kier alpha value is -0.0800. The van der Waals surface area contributed by atoms with Crippen molar-refractivity contribution in [1.82, 2.24) is 5.32 Å². The van der Waals surface area contributed by atoms with Crippen LogP contribution in [0, 0.1) is 11.8 Å². The van der Waals surface area contributed by atoms with Gasteiger partial charge in [-0.25, -0.2) is 0 Å². The van der Waals surface area contributed by atoms with Crippen LogP contribution in [0.25, 0.3) is 0 Å². The zero-order valence-corrected chi connectivity index (χ0v) is 7.63. The van der Waals surface area contributed by atoms with Crippen molar-refractivity contribution >= 4 is 0 Å². The second kappa shape index (κ2) is 3.75. The van der Waals surface area contributed by atoms with Crippen LogP contribution in [0.5, 0.6) is 0 Å². The summed E-state index contributed by atoms with van der Waals surface area (Å²) in [5, 5.41) is 12.4. The molecule has 2 nitrogen and oxygen atoms in total. The Balaban J connectivity index is 1.82. The van der Waals surface area contributed by atoms with E-state index in [2.05, 4.69) is 5.32 Å². The number of aliphatic hydroxyl groups is 1. The van der Waals surface area contributed by atoms with Gasteiger partial charge in [-0.15, -0.1) is 0 Å². The highest BCUT2D eigenvalue weighted by Crippen LogP contribution is 2.38. The van der Waals surface area contributed by atoms with Crippen molar-refractivity contribution < 1.29 is 5.11 Å². The lowest BCUT2D eigenvalue weighted by atomic mass is 9.69. The molecule has 1 aliphatic heterocycles. The van der Waals surface area contributed by atoms with Crippen LogP contribution >= 0.6 is 0 Å². The first-order valence-electron chi connectivity index (χ1n) is 5.26. The molecule has 0 aromatic carbocycles. The molecule has 12 heavy (non-hydrogen) atoms. The molecule has 2 atom stereocenters. The number of hydrogen-bond donors (Lipinski definition) is 2. The van der Waals surface area contributed by atoms with E-state index in [9.17, 15) is 0 Å². The van der Waals surface area contributed by atoms with Gasteiger partial charge >= 0.3 is 0 Å². The molecular formula is C10H19NO. The summed E-state index contributed by atoms with van der Waals surface area (Å²) in [6.07, 6.45) is 6.58. The Morgan fingerprint density at radius 2 is 2.08 bits per heavy atom. The fourth-order valence-electron chi connectivity index (χ4n) is 2.46. The minimum Gasteiger partial charge on any atom is -0.396 e. The number of rotatable bonds is 4. The van der Waals surface area contributed by atoms with Gasteiger partial charge in [0.1, 0.15) is 0 Å². The van der Waals surface area contributed by atoms with Gasteiger partial charge in [-0.05, 0) is 31.2 Å². The van der Waals surface area contributed by atoms with Gasteiger partial charge in [0.2, 0.25) is 0 Å². The Bertz CT molecular complexity index is 127. The molecule has 0 spiro atoms. The van der Waals surface area contributed by atoms with Crippen LogP contribution in [0.1, 0.15) is 32.1 Å². The molecule has 2 aliphatic rings. The third-order valence-corrected chi connectivity index (χ3v) is 3.60. The molecule has 2 unspecified atom stereocenters. The quantitative estimate of drug-likeness (QED) is 0.661. The topological polar surface area (TPSA) is 32.3 Å². The Morgan fingerprint density at radius 3 is 2.42 bits per heavy atom. The molecule has 1 heterocycles. The van der Waals surface area contributed by atoms with Crippen molar-refractivity contribution in [1.29, 1.82) is 0 Å². The normalized spacial score (nSPS) is 32.2. The predicted molar refractivity (Wildman–Crippen MR) is 48.9 cm³/mol. The van der Waals surface area contributed by atoms with Gasteiger partial charge in [0.05, 0.1) is 0 Å². The van der Waals surface area contributed by atoms with Gasteiger partial charge in [-0.1, -0.05) is 19.3 Å². The van der Waals surface area contributed by atoms with Gasteiger partial charge in [-0.3, -0.25) is 0 Å². The van der Waals surface area contributed by atoms with E-state index in [4.69, 9.17) is 5.11 Å². The van der Waals surface area contributed by atoms with Gasteiger partial charge < -0.3 is 10.4 Å². The lowest BCUT2D eigenvalue weighted by Crippen LogP contribution is -2.51. The largest absolute Gasteiger partial charge is 0.396 e. The third-order valence-electron chi connectivity index (χ3n) is 3.60. The summed E-state index contributed by atoms with van der Waals surface area (Å²) in [6.45, 7) is 1.57. The van der Waals surface area contributed by atoms with Crippen molar-refractivity contribution in [2.75, 3.05) is 13.2 Å². The van der Waals surface area contributed by atoms with Crippen LogP contribution in [0.15, 0.2) is 0 Å². The Kier molecular flexibility index (Phi) is 2.66. The van der Waals surface area contributed by atoms with Gasteiger partial charge in [0.15, 0.2) is 0 Å². The molecule has 2 heteroatoms. The van der Waals surface area contributed by atoms with Gasteiger partial charge in [0.25, 0.3) is 0 Å². The summed E-state index contributed by atoms with van der Waals surface area (Å²) in [5.41, 5.74) is 0. The zero-order chi connectivity index (χ0) is 8.39. The molecule has 0 bridgehead atoms. The number of nitrogens with one attached hydrogen (secondary N) is 1. The first-order chi connectivity index (χ1) is 5.92. The van der Waals surface area contributed by atoms with Crippen LogP contribution in [0.3, 0.4) is 0 Å². The van der Waals surface area contributed by atoms with Crippen LogP contribution in [-0.4, -0.2) is 24.3 Å². The predicted octanol–water partition coefficient (Wildman–Crippen LogP) is 1.15. The fraction of sp³-hybridized carbons (Fsp3) is 1.00. The standard InChI is InChI=1S/C10H19NO/c12-7-5-9(8-2-1-3-8)10-4-6-11-10/h8-12H,1-7H2. The molecule has 1 saturated heterocycles. The minimum absolute atomic E-state index is 0.374. The van der Waals surface area contributed by atoms with Gasteiger partial charge in [0, 0.05) is 12.6 Å². The van der Waals surface area contributed by atoms with E-state index in [0.29, 0.717) is 6.61 Å². The average Bonchev–Trinajstić information content (AvgIpc) is 1.79. The second-order valence-electron chi connectivity index (χ2n) is 4.22. The van der Waals surface area contributed by atoms with E-state index in [-0.39, 0.29) is 0 Å². The fourth-order valence-corrected chi connectivity index (χ4v) is 2.46. The van der Waals surface area contributed by atoms with E-state index in [0.717, 1.165) is 24.3 Å². The van der Waals surface area contributed by atoms with Crippen molar-refractivity contribution in [2.24, 2.45) is 11.8 Å². The van der Waals surface area contributed by atoms with E-state index < -0.39 is 0 Å². The maximum absolute atomic E-state index is 8.95. The first kappa shape index (κ1) is 8.52. The maximum atomic E-state index is 8.95. The summed E-state index contributed by atoms with van der Waals surface area (Å²) in [7, 11) is 0. The van der Waals surface area contributed by atoms with Crippen molar-refractivity contribution in [2.45, 2.75) is 38.1 Å². The summed E-state index contributed by atoms with van der Waals surface area (Å²) in [4.78, 5) is 0. The highest BCUT2D eigenvalue weighted by molar-refractivity contribution is 4.90. The van der Waals surface area contributed by atoms with Crippen LogP contribution in [0.2, 0.25) is 0 Å². The average molecular weight is 169 g/mol. The molecule has 0 amide bonds. The molecular weight excluding hydrogens is 150 g/mol. The molecule has 1 saturated carbocycles. The second-order valence-corrected chi connectivity index (χ2v) is 4.22. The minimum atomic E-state index is 0.374. The Morgan fingerprint density at radius 1 is 1.33 bits per heavy atom. The summed E-state index contributed by atoms with van der Waals surface area (Å²) < 4.78 is 0. The van der Waals surface area contributed by atoms with Crippen molar-refractivity contribution in [3.05, 3.63) is 0 Å². The highest BCUT2D eigenvalue weighted by Gasteiger charge is 2.35. The highest BCUT2D eigenvalue weighted by atomic mass is 16.3. The van der Waals surface area contributed by atoms with Crippen molar-refractivity contribution in [3.63, 3.8) is 0 Å². The lowest BCUT2D eigenvalue weighted by molar-refractivity contribution is 0.0984. The molecule has 2 N–H and O–H groups in total. The molecule has 0 aromatic heterocycles. The van der Waals surface area contributed by atoms with E-state index in [1.807, 2.05) is 0 Å². The Labute approximate surface area is 74.4 Å². The molecule has 0 radical (unpaired) electrons. The van der Waals surface area contributed by atoms with Gasteiger partial charge in [-0.2, -0.15) is 0 Å². The number of hydrogen-bond acceptors (Lipinski definition) is 2. The summed E-state index contributed by atoms with van der Waals surface area (Å²) in [5.74, 6) is 1.70. The maximum Gasteiger partial charge on any atom is 0.0434 e. The van der Waals surface area contributed by atoms with Crippen LogP contribution < -0.4 is 5.32 Å². The summed E-state index contributed by atoms with van der Waals surface area (Å²) in [6, 6.07) is 0.738. The third kappa shape index (κ3) is 1.50. The number of aliphatic hydroxyl groups excluding tert-OH is 1. The monoisotopic (exact) mass is 169 g/mol. The molecule has 0 aromatic rings. The SMILES string of the molecule is OCCC(C1CCC1)C1CCN1. The van der Waals surface area contributed by atoms with E-state index in [1.165, 1.54) is 32.2 Å². The smallest absolute Gasteiger partial charge is 0.0434 e. The molecule has 70 valence electrons. The van der Waals surface area contributed by atoms with Crippen LogP contribution in [-0.2, 0) is 0 Å². The van der Waals surface area contributed by atoms with Crippen molar-refractivity contribution in [3.8, 4) is 0 Å². The summed E-state index contributed by atoms with van der Waals surface area (Å²) >= 11 is 0. The molecule has 1 aliphatic carbocycles. The molecule has 2 rings (SSSR count). The van der Waals surface area contributed by atoms with Crippen LogP contribution in [0.4, 0.5) is 0 Å². The lowest BCUT2D eigenvalue weighted by Gasteiger charge is -2.43. The zero-order valence-electron chi connectivity index (χ0n) is 7.63.